The van der Waals surface area contributed by atoms with Gasteiger partial charge >= 0.3 is 11.7 Å². The van der Waals surface area contributed by atoms with Crippen molar-refractivity contribution in [2.24, 2.45) is 7.05 Å². The van der Waals surface area contributed by atoms with Crippen molar-refractivity contribution >= 4 is 17.5 Å². The molecule has 1 aliphatic rings. The first kappa shape index (κ1) is 15.3. The van der Waals surface area contributed by atoms with Gasteiger partial charge in [-0.05, 0) is 19.3 Å². The molecular formula is C13H20N4O4. The molecule has 0 spiro atoms. The predicted octanol–water partition coefficient (Wildman–Crippen LogP) is 1.90. The first-order chi connectivity index (χ1) is 9.84. The zero-order valence-electron chi connectivity index (χ0n) is 12.4. The summed E-state index contributed by atoms with van der Waals surface area (Å²) in [7, 11) is 1.63. The van der Waals surface area contributed by atoms with E-state index in [1.165, 1.54) is 4.68 Å². The van der Waals surface area contributed by atoms with Gasteiger partial charge in [-0.2, -0.15) is 5.10 Å². The average molecular weight is 296 g/mol. The standard InChI is InChI=1S/C13H20N4O4/c1-8(2)10-11(17(20)21)12(15(3)14-10)16-7-5-4-6-9(16)13(18)19/h8-9H,4-7H2,1-3H3,(H,18,19). The number of hydrogen-bond donors (Lipinski definition) is 1. The summed E-state index contributed by atoms with van der Waals surface area (Å²) in [5, 5.41) is 25.1. The van der Waals surface area contributed by atoms with E-state index in [1.807, 2.05) is 13.8 Å². The number of piperidine rings is 1. The second kappa shape index (κ2) is 5.71. The molecule has 0 saturated carbocycles. The van der Waals surface area contributed by atoms with Crippen molar-refractivity contribution in [3.8, 4) is 0 Å². The molecule has 1 saturated heterocycles. The lowest BCUT2D eigenvalue weighted by Crippen LogP contribution is -2.45. The summed E-state index contributed by atoms with van der Waals surface area (Å²) >= 11 is 0. The van der Waals surface area contributed by atoms with Crippen molar-refractivity contribution in [3.63, 3.8) is 0 Å². The number of carboxylic acid groups (broad SMARTS) is 1. The van der Waals surface area contributed by atoms with Crippen LogP contribution in [0.4, 0.5) is 11.5 Å². The molecule has 1 N–H and O–H groups in total. The fraction of sp³-hybridized carbons (Fsp3) is 0.692. The molecule has 116 valence electrons. The van der Waals surface area contributed by atoms with E-state index in [0.29, 0.717) is 24.5 Å². The highest BCUT2D eigenvalue weighted by Crippen LogP contribution is 2.38. The van der Waals surface area contributed by atoms with Gasteiger partial charge < -0.3 is 10.0 Å². The molecule has 8 nitrogen and oxygen atoms in total. The fourth-order valence-corrected chi connectivity index (χ4v) is 2.85. The second-order valence-corrected chi connectivity index (χ2v) is 5.64. The first-order valence-electron chi connectivity index (χ1n) is 7.05. The Morgan fingerprint density at radius 1 is 1.48 bits per heavy atom. The smallest absolute Gasteiger partial charge is 0.334 e. The summed E-state index contributed by atoms with van der Waals surface area (Å²) in [6.45, 7) is 4.17. The van der Waals surface area contributed by atoms with E-state index in [2.05, 4.69) is 5.10 Å². The van der Waals surface area contributed by atoms with Crippen LogP contribution in [0.1, 0.15) is 44.7 Å². The predicted molar refractivity (Wildman–Crippen MR) is 76.6 cm³/mol. The number of nitrogens with zero attached hydrogens (tertiary/aromatic N) is 4. The molecule has 0 aromatic carbocycles. The van der Waals surface area contributed by atoms with E-state index in [-0.39, 0.29) is 11.6 Å². The van der Waals surface area contributed by atoms with Gasteiger partial charge in [-0.3, -0.25) is 10.1 Å². The van der Waals surface area contributed by atoms with Gasteiger partial charge in [0.15, 0.2) is 0 Å². The Bertz CT molecular complexity index is 567. The minimum atomic E-state index is -0.948. The first-order valence-corrected chi connectivity index (χ1v) is 7.05. The zero-order chi connectivity index (χ0) is 15.7. The highest BCUT2D eigenvalue weighted by atomic mass is 16.6. The highest BCUT2D eigenvalue weighted by molar-refractivity contribution is 5.80. The number of aryl methyl sites for hydroxylation is 1. The Hall–Kier alpha value is -2.12. The van der Waals surface area contributed by atoms with Gasteiger partial charge in [0.1, 0.15) is 11.7 Å². The van der Waals surface area contributed by atoms with Gasteiger partial charge in [-0.15, -0.1) is 0 Å². The molecular weight excluding hydrogens is 276 g/mol. The van der Waals surface area contributed by atoms with Crippen molar-refractivity contribution in [2.45, 2.75) is 45.1 Å². The van der Waals surface area contributed by atoms with Crippen LogP contribution in [0, 0.1) is 10.1 Å². The van der Waals surface area contributed by atoms with E-state index in [1.54, 1.807) is 11.9 Å². The van der Waals surface area contributed by atoms with Gasteiger partial charge in [0, 0.05) is 19.5 Å². The van der Waals surface area contributed by atoms with Crippen LogP contribution in [-0.2, 0) is 11.8 Å². The van der Waals surface area contributed by atoms with E-state index in [9.17, 15) is 20.0 Å². The molecule has 1 aliphatic heterocycles. The Labute approximate surface area is 122 Å². The number of anilines is 1. The Morgan fingerprint density at radius 3 is 2.67 bits per heavy atom. The molecule has 0 bridgehead atoms. The third-order valence-corrected chi connectivity index (χ3v) is 3.81. The molecule has 0 radical (unpaired) electrons. The lowest BCUT2D eigenvalue weighted by atomic mass is 10.0. The summed E-state index contributed by atoms with van der Waals surface area (Å²) in [5.41, 5.74) is 0.327. The molecule has 21 heavy (non-hydrogen) atoms. The minimum Gasteiger partial charge on any atom is -0.480 e. The van der Waals surface area contributed by atoms with Gasteiger partial charge in [0.25, 0.3) is 0 Å². The van der Waals surface area contributed by atoms with Crippen LogP contribution in [0.25, 0.3) is 0 Å². The lowest BCUT2D eigenvalue weighted by Gasteiger charge is -2.33. The molecule has 8 heteroatoms. The summed E-state index contributed by atoms with van der Waals surface area (Å²) in [5.74, 6) is -0.745. The van der Waals surface area contributed by atoms with Crippen molar-refractivity contribution in [2.75, 3.05) is 11.4 Å². The normalized spacial score (nSPS) is 19.0. The van der Waals surface area contributed by atoms with Gasteiger partial charge in [-0.25, -0.2) is 9.48 Å². The topological polar surface area (TPSA) is 102 Å². The SMILES string of the molecule is CC(C)c1nn(C)c(N2CCCCC2C(=O)O)c1[N+](=O)[O-]. The molecule has 2 rings (SSSR count). The minimum absolute atomic E-state index is 0.0688. The molecule has 1 aromatic heterocycles. The molecule has 1 unspecified atom stereocenters. The van der Waals surface area contributed by atoms with Crippen LogP contribution < -0.4 is 4.90 Å². The average Bonchev–Trinajstić information content (AvgIpc) is 2.76. The Morgan fingerprint density at radius 2 is 2.14 bits per heavy atom. The quantitative estimate of drug-likeness (QED) is 0.672. The summed E-state index contributed by atoms with van der Waals surface area (Å²) < 4.78 is 1.44. The third kappa shape index (κ3) is 2.70. The van der Waals surface area contributed by atoms with Crippen LogP contribution in [0.2, 0.25) is 0 Å². The third-order valence-electron chi connectivity index (χ3n) is 3.81. The van der Waals surface area contributed by atoms with Crippen molar-refractivity contribution in [1.29, 1.82) is 0 Å². The summed E-state index contributed by atoms with van der Waals surface area (Å²) in [6.07, 6.45) is 2.13. The monoisotopic (exact) mass is 296 g/mol. The summed E-state index contributed by atoms with van der Waals surface area (Å²) in [4.78, 5) is 24.0. The molecule has 0 aliphatic carbocycles. The van der Waals surface area contributed by atoms with Crippen LogP contribution in [0.3, 0.4) is 0 Å². The van der Waals surface area contributed by atoms with Crippen LogP contribution in [0.15, 0.2) is 0 Å². The van der Waals surface area contributed by atoms with Crippen molar-refractivity contribution in [3.05, 3.63) is 15.8 Å². The number of aliphatic carboxylic acids is 1. The molecule has 0 amide bonds. The van der Waals surface area contributed by atoms with Crippen LogP contribution in [-0.4, -0.2) is 38.4 Å². The highest BCUT2D eigenvalue weighted by Gasteiger charge is 2.38. The molecule has 2 heterocycles. The largest absolute Gasteiger partial charge is 0.480 e. The zero-order valence-corrected chi connectivity index (χ0v) is 12.4. The van der Waals surface area contributed by atoms with Gasteiger partial charge in [0.2, 0.25) is 5.82 Å². The number of rotatable bonds is 4. The maximum Gasteiger partial charge on any atom is 0.334 e. The van der Waals surface area contributed by atoms with Crippen molar-refractivity contribution in [1.82, 2.24) is 9.78 Å². The number of carboxylic acids is 1. The molecule has 1 aromatic rings. The van der Waals surface area contributed by atoms with E-state index < -0.39 is 16.9 Å². The Balaban J connectivity index is 2.56. The number of aromatic nitrogens is 2. The fourth-order valence-electron chi connectivity index (χ4n) is 2.85. The van der Waals surface area contributed by atoms with Crippen molar-refractivity contribution < 1.29 is 14.8 Å². The second-order valence-electron chi connectivity index (χ2n) is 5.64. The lowest BCUT2D eigenvalue weighted by molar-refractivity contribution is -0.385. The van der Waals surface area contributed by atoms with Gasteiger partial charge in [-0.1, -0.05) is 13.8 Å². The van der Waals surface area contributed by atoms with Crippen LogP contribution >= 0.6 is 0 Å². The Kier molecular flexibility index (Phi) is 4.15. The molecule has 1 atom stereocenters. The van der Waals surface area contributed by atoms with Crippen LogP contribution in [0.5, 0.6) is 0 Å². The van der Waals surface area contributed by atoms with E-state index in [4.69, 9.17) is 0 Å². The molecule has 1 fully saturated rings. The maximum absolute atomic E-state index is 11.5. The number of carbonyl (C=O) groups is 1. The number of nitro groups is 1. The van der Waals surface area contributed by atoms with E-state index >= 15 is 0 Å². The maximum atomic E-state index is 11.5. The summed E-state index contributed by atoms with van der Waals surface area (Å²) in [6, 6.07) is -0.729. The number of hydrogen-bond acceptors (Lipinski definition) is 5. The van der Waals surface area contributed by atoms with E-state index in [0.717, 1.165) is 12.8 Å². The van der Waals surface area contributed by atoms with Gasteiger partial charge in [0.05, 0.1) is 4.92 Å².